The SMILES string of the molecule is CC(=O)OCCn1c(-c2ccc(-c3c(C[C@@H]4CCCN4C(=O)[C@@H](NC(=O)[C@H](C)N(C)C(=O)OC(C)(C)C)C(C)(C)C)c4ccc(F)cc4n3CCOC(C)=O)cc2)c(C[C@@H]2CCCN2C(=O)[C@@H](NC(=O)[C@H](C)N(C)C(=O)OC(C)(C)C)C(C)(C)C)c2ccc(F)cc21. The van der Waals surface area contributed by atoms with E-state index in [9.17, 15) is 28.8 Å². The number of halogens is 2. The van der Waals surface area contributed by atoms with E-state index in [1.807, 2.05) is 84.7 Å². The highest BCUT2D eigenvalue weighted by atomic mass is 19.1. The Morgan fingerprint density at radius 1 is 0.543 bits per heavy atom. The van der Waals surface area contributed by atoms with E-state index in [2.05, 4.69) is 10.6 Å². The molecule has 2 N–H and O–H groups in total. The molecule has 6 atom stereocenters. The molecule has 7 rings (SSSR count). The van der Waals surface area contributed by atoms with Crippen LogP contribution in [0.5, 0.6) is 0 Å². The van der Waals surface area contributed by atoms with E-state index in [-0.39, 0.29) is 50.2 Å². The molecule has 0 unspecified atom stereocenters. The number of nitrogens with zero attached hydrogens (tertiary/aromatic N) is 6. The number of fused-ring (bicyclic) bond motifs is 2. The third kappa shape index (κ3) is 17.0. The number of rotatable bonds is 20. The van der Waals surface area contributed by atoms with Crippen LogP contribution in [0.15, 0.2) is 60.7 Å². The molecule has 0 radical (unpaired) electrons. The van der Waals surface area contributed by atoms with Gasteiger partial charge in [-0.3, -0.25) is 38.6 Å². The quantitative estimate of drug-likeness (QED) is 0.0549. The summed E-state index contributed by atoms with van der Waals surface area (Å²) < 4.78 is 57.2. The number of nitrogens with one attached hydrogen (secondary N) is 2. The molecule has 2 aromatic heterocycles. The fourth-order valence-corrected chi connectivity index (χ4v) is 12.3. The maximum absolute atomic E-state index is 15.6. The van der Waals surface area contributed by atoms with E-state index >= 15 is 18.4 Å². The van der Waals surface area contributed by atoms with E-state index < -0.39 is 93.8 Å². The zero-order valence-corrected chi connectivity index (χ0v) is 57.1. The van der Waals surface area contributed by atoms with Crippen molar-refractivity contribution in [2.24, 2.45) is 10.8 Å². The highest BCUT2D eigenvalue weighted by molar-refractivity contribution is 5.96. The predicted molar refractivity (Wildman–Crippen MR) is 348 cm³/mol. The number of amides is 6. The van der Waals surface area contributed by atoms with Crippen molar-refractivity contribution in [2.45, 2.75) is 210 Å². The monoisotopic (exact) mass is 1280 g/mol. The molecule has 502 valence electrons. The lowest BCUT2D eigenvalue weighted by atomic mass is 9.85. The average molecular weight is 1280 g/mol. The summed E-state index contributed by atoms with van der Waals surface area (Å²) in [5.41, 5.74) is 2.30. The van der Waals surface area contributed by atoms with E-state index in [0.717, 1.165) is 11.1 Å². The van der Waals surface area contributed by atoms with Crippen LogP contribution in [-0.4, -0.2) is 164 Å². The molecule has 0 spiro atoms. The molecule has 20 nitrogen and oxygen atoms in total. The lowest BCUT2D eigenvalue weighted by Gasteiger charge is -2.37. The summed E-state index contributed by atoms with van der Waals surface area (Å²) >= 11 is 0. The molecule has 0 saturated carbocycles. The van der Waals surface area contributed by atoms with Gasteiger partial charge in [0, 0.05) is 63.9 Å². The molecular weight excluding hydrogens is 1180 g/mol. The van der Waals surface area contributed by atoms with Gasteiger partial charge >= 0.3 is 24.1 Å². The Morgan fingerprint density at radius 2 is 0.880 bits per heavy atom. The third-order valence-corrected chi connectivity index (χ3v) is 17.2. The first-order valence-electron chi connectivity index (χ1n) is 31.9. The number of esters is 2. The second-order valence-electron chi connectivity index (χ2n) is 28.8. The minimum Gasteiger partial charge on any atom is -0.464 e. The van der Waals surface area contributed by atoms with Gasteiger partial charge in [-0.25, -0.2) is 18.4 Å². The Balaban J connectivity index is 1.30. The molecule has 2 aliphatic heterocycles. The second-order valence-corrected chi connectivity index (χ2v) is 28.8. The maximum Gasteiger partial charge on any atom is 0.410 e. The van der Waals surface area contributed by atoms with Gasteiger partial charge in [0.2, 0.25) is 23.6 Å². The Hall–Kier alpha value is -8.04. The van der Waals surface area contributed by atoms with Gasteiger partial charge in [-0.1, -0.05) is 65.8 Å². The summed E-state index contributed by atoms with van der Waals surface area (Å²) in [6, 6.07) is 12.1. The van der Waals surface area contributed by atoms with Gasteiger partial charge in [0.25, 0.3) is 0 Å². The van der Waals surface area contributed by atoms with Crippen LogP contribution in [-0.2, 0) is 73.6 Å². The van der Waals surface area contributed by atoms with Crippen molar-refractivity contribution in [1.82, 2.24) is 39.4 Å². The first kappa shape index (κ1) is 71.4. The number of carbonyl (C=O) groups excluding carboxylic acids is 8. The molecule has 4 heterocycles. The smallest absolute Gasteiger partial charge is 0.410 e. The van der Waals surface area contributed by atoms with Crippen molar-refractivity contribution in [1.29, 1.82) is 0 Å². The van der Waals surface area contributed by atoms with Gasteiger partial charge < -0.3 is 48.5 Å². The van der Waals surface area contributed by atoms with Crippen LogP contribution >= 0.6 is 0 Å². The van der Waals surface area contributed by atoms with Crippen molar-refractivity contribution in [3.8, 4) is 22.5 Å². The number of aromatic nitrogens is 2. The largest absolute Gasteiger partial charge is 0.464 e. The molecule has 2 saturated heterocycles. The number of carbonyl (C=O) groups is 8. The van der Waals surface area contributed by atoms with Crippen LogP contribution in [0.4, 0.5) is 18.4 Å². The van der Waals surface area contributed by atoms with Crippen LogP contribution in [0.2, 0.25) is 0 Å². The number of likely N-dealkylation sites (N-methyl/N-ethyl adjacent to an activating group) is 2. The van der Waals surface area contributed by atoms with E-state index in [0.29, 0.717) is 95.9 Å². The Bertz CT molecular complexity index is 3340. The fourth-order valence-electron chi connectivity index (χ4n) is 12.3. The lowest BCUT2D eigenvalue weighted by Crippen LogP contribution is -2.59. The Kier molecular flexibility index (Phi) is 22.1. The molecule has 5 aromatic rings. The van der Waals surface area contributed by atoms with Gasteiger partial charge in [-0.15, -0.1) is 0 Å². The normalized spacial score (nSPS) is 16.8. The maximum atomic E-state index is 15.6. The number of hydrogen-bond donors (Lipinski definition) is 2. The molecule has 92 heavy (non-hydrogen) atoms. The van der Waals surface area contributed by atoms with Crippen molar-refractivity contribution in [2.75, 3.05) is 40.4 Å². The van der Waals surface area contributed by atoms with Gasteiger partial charge in [0.15, 0.2) is 0 Å². The van der Waals surface area contributed by atoms with Gasteiger partial charge in [0.1, 0.15) is 60.2 Å². The second kappa shape index (κ2) is 28.4. The fraction of sp³-hybridized carbons (Fsp3) is 0.571. The number of likely N-dealkylation sites (tertiary alicyclic amines) is 2. The summed E-state index contributed by atoms with van der Waals surface area (Å²) in [5, 5.41) is 7.40. The molecule has 2 aliphatic rings. The minimum atomic E-state index is -0.998. The van der Waals surface area contributed by atoms with Crippen LogP contribution in [0.3, 0.4) is 0 Å². The first-order chi connectivity index (χ1) is 42.8. The highest BCUT2D eigenvalue weighted by Crippen LogP contribution is 2.42. The summed E-state index contributed by atoms with van der Waals surface area (Å²) in [7, 11) is 2.95. The van der Waals surface area contributed by atoms with Crippen LogP contribution in [0.25, 0.3) is 44.3 Å². The summed E-state index contributed by atoms with van der Waals surface area (Å²) in [6.07, 6.45) is 1.79. The zero-order valence-electron chi connectivity index (χ0n) is 57.1. The third-order valence-electron chi connectivity index (χ3n) is 17.2. The summed E-state index contributed by atoms with van der Waals surface area (Å²) in [4.78, 5) is 115. The van der Waals surface area contributed by atoms with Gasteiger partial charge in [-0.05, 0) is 163 Å². The molecule has 6 amide bonds. The van der Waals surface area contributed by atoms with Crippen molar-refractivity contribution >= 4 is 69.6 Å². The molecule has 3 aromatic carbocycles. The summed E-state index contributed by atoms with van der Waals surface area (Å²) in [6.45, 7) is 28.4. The van der Waals surface area contributed by atoms with Crippen molar-refractivity contribution < 1.29 is 66.1 Å². The predicted octanol–water partition coefficient (Wildman–Crippen LogP) is 11.0. The van der Waals surface area contributed by atoms with Crippen LogP contribution in [0.1, 0.15) is 148 Å². The topological polar surface area (TPSA) is 220 Å². The van der Waals surface area contributed by atoms with Crippen LogP contribution < -0.4 is 10.6 Å². The van der Waals surface area contributed by atoms with Crippen molar-refractivity contribution in [3.63, 3.8) is 0 Å². The molecule has 22 heteroatoms. The zero-order chi connectivity index (χ0) is 68.3. The van der Waals surface area contributed by atoms with Crippen molar-refractivity contribution in [3.05, 3.63) is 83.4 Å². The molecular formula is C70H96F2N8O12. The Labute approximate surface area is 539 Å². The average Bonchev–Trinajstić information content (AvgIpc) is 1.60. The number of benzene rings is 3. The standard InChI is InChI=1S/C70H96F2N8O12/c1-41(75(17)65(87)91-69(11,12)13)61(83)73-59(67(5,6)7)63(85)77-31-19-21-49(77)39-53-51-29-27-47(71)37-55(51)79(33-35-89-43(3)81)57(53)45-23-25-46(26-24-45)58-54(52-30-28-48(72)38-56(52)80(58)34-36-90-44(4)82)40-50-22-20-32-78(50)64(86)60(68(8,9)10)74-62(84)42(2)76(18)66(88)92-70(14,15)16/h23-30,37-38,41-42,49-50,59-60H,19-22,31-36,39-40H2,1-18H3,(H,73,83)(H,74,84)/t41-,42-,49-,50-,59+,60+/m0/s1. The molecule has 0 aliphatic carbocycles. The van der Waals surface area contributed by atoms with E-state index in [1.165, 1.54) is 62.0 Å². The Morgan fingerprint density at radius 3 is 1.18 bits per heavy atom. The number of hydrogen-bond acceptors (Lipinski definition) is 12. The lowest BCUT2D eigenvalue weighted by molar-refractivity contribution is -0.142. The summed E-state index contributed by atoms with van der Waals surface area (Å²) in [5.74, 6) is -3.62. The van der Waals surface area contributed by atoms with E-state index in [1.54, 1.807) is 67.5 Å². The van der Waals surface area contributed by atoms with Crippen LogP contribution in [0, 0.1) is 22.5 Å². The molecule has 0 bridgehead atoms. The highest BCUT2D eigenvalue weighted by Gasteiger charge is 2.44. The van der Waals surface area contributed by atoms with Gasteiger partial charge in [-0.2, -0.15) is 0 Å². The van der Waals surface area contributed by atoms with Gasteiger partial charge in [0.05, 0.1) is 35.5 Å². The number of ether oxygens (including phenoxy) is 4. The minimum absolute atomic E-state index is 0.0425. The first-order valence-corrected chi connectivity index (χ1v) is 31.9. The van der Waals surface area contributed by atoms with E-state index in [4.69, 9.17) is 18.9 Å². The molecule has 2 fully saturated rings.